The minimum absolute atomic E-state index is 0.0877. The molecular formula is C11H14N6O2S. The molecule has 3 heterocycles. The Hall–Kier alpha value is -2.03. The predicted molar refractivity (Wildman–Crippen MR) is 71.4 cm³/mol. The number of anilines is 1. The molecule has 2 aromatic heterocycles. The summed E-state index contributed by atoms with van der Waals surface area (Å²) in [5.41, 5.74) is 1.45. The maximum absolute atomic E-state index is 12.3. The third-order valence-corrected chi connectivity index (χ3v) is 4.01. The summed E-state index contributed by atoms with van der Waals surface area (Å²) in [6.45, 7) is 4.35. The first-order chi connectivity index (χ1) is 9.65. The molecule has 2 amide bonds. The number of carbonyl (C=O) groups excluding carboxylic acids is 1. The Balaban J connectivity index is 1.75. The molecule has 1 aliphatic rings. The van der Waals surface area contributed by atoms with Crippen molar-refractivity contribution in [2.45, 2.75) is 32.7 Å². The van der Waals surface area contributed by atoms with Crippen LogP contribution in [0.3, 0.4) is 0 Å². The molecule has 0 saturated carbocycles. The molecule has 2 aromatic rings. The van der Waals surface area contributed by atoms with Crippen molar-refractivity contribution < 1.29 is 9.42 Å². The van der Waals surface area contributed by atoms with E-state index in [1.165, 1.54) is 11.3 Å². The molecule has 1 N–H and O–H groups in total. The van der Waals surface area contributed by atoms with E-state index in [-0.39, 0.29) is 12.1 Å². The standard InChI is InChI=1S/C11H14N6O2S/c1-6-9(16-19-15-6)8-4-3-5-17(8)11(18)12-10-14-13-7(2)20-10/h8H,3-5H2,1-2H3,(H,12,14,18)/t8-/m0/s1. The highest BCUT2D eigenvalue weighted by Gasteiger charge is 2.33. The quantitative estimate of drug-likeness (QED) is 0.908. The van der Waals surface area contributed by atoms with Crippen LogP contribution in [-0.2, 0) is 0 Å². The Labute approximate surface area is 119 Å². The van der Waals surface area contributed by atoms with Crippen molar-refractivity contribution in [3.05, 3.63) is 16.4 Å². The van der Waals surface area contributed by atoms with E-state index in [0.29, 0.717) is 11.7 Å². The number of urea groups is 1. The van der Waals surface area contributed by atoms with Crippen LogP contribution in [0.15, 0.2) is 4.63 Å². The number of amides is 2. The predicted octanol–water partition coefficient (Wildman–Crippen LogP) is 1.91. The number of carbonyl (C=O) groups is 1. The molecule has 0 spiro atoms. The molecule has 20 heavy (non-hydrogen) atoms. The van der Waals surface area contributed by atoms with Crippen LogP contribution in [-0.4, -0.2) is 38.0 Å². The van der Waals surface area contributed by atoms with Gasteiger partial charge >= 0.3 is 6.03 Å². The summed E-state index contributed by atoms with van der Waals surface area (Å²) >= 11 is 1.35. The van der Waals surface area contributed by atoms with Gasteiger partial charge in [-0.1, -0.05) is 21.7 Å². The van der Waals surface area contributed by atoms with E-state index in [0.717, 1.165) is 29.2 Å². The van der Waals surface area contributed by atoms with Crippen LogP contribution in [0.4, 0.5) is 9.93 Å². The van der Waals surface area contributed by atoms with Gasteiger partial charge < -0.3 is 4.90 Å². The highest BCUT2D eigenvalue weighted by Crippen LogP contribution is 2.32. The second kappa shape index (κ2) is 5.16. The van der Waals surface area contributed by atoms with Crippen molar-refractivity contribution in [1.29, 1.82) is 0 Å². The molecule has 0 radical (unpaired) electrons. The number of hydrogen-bond acceptors (Lipinski definition) is 7. The van der Waals surface area contributed by atoms with E-state index >= 15 is 0 Å². The van der Waals surface area contributed by atoms with Crippen molar-refractivity contribution in [1.82, 2.24) is 25.4 Å². The number of nitrogens with one attached hydrogen (secondary N) is 1. The molecule has 0 bridgehead atoms. The van der Waals surface area contributed by atoms with Gasteiger partial charge in [0.15, 0.2) is 0 Å². The number of nitrogens with zero attached hydrogens (tertiary/aromatic N) is 5. The van der Waals surface area contributed by atoms with E-state index in [4.69, 9.17) is 4.63 Å². The SMILES string of the molecule is Cc1nnc(NC(=O)N2CCC[C@H]2c2nonc2C)s1. The Bertz CT molecular complexity index is 624. The maximum Gasteiger partial charge on any atom is 0.324 e. The van der Waals surface area contributed by atoms with Gasteiger partial charge in [-0.3, -0.25) is 5.32 Å². The van der Waals surface area contributed by atoms with Crippen LogP contribution >= 0.6 is 11.3 Å². The first-order valence-corrected chi connectivity index (χ1v) is 7.13. The zero-order valence-corrected chi connectivity index (χ0v) is 12.0. The lowest BCUT2D eigenvalue weighted by molar-refractivity contribution is 0.203. The number of hydrogen-bond donors (Lipinski definition) is 1. The highest BCUT2D eigenvalue weighted by atomic mass is 32.1. The summed E-state index contributed by atoms with van der Waals surface area (Å²) in [6.07, 6.45) is 1.79. The van der Waals surface area contributed by atoms with Gasteiger partial charge in [0.25, 0.3) is 0 Å². The van der Waals surface area contributed by atoms with E-state index in [2.05, 4.69) is 25.8 Å². The van der Waals surface area contributed by atoms with Gasteiger partial charge in [-0.25, -0.2) is 9.42 Å². The van der Waals surface area contributed by atoms with Gasteiger partial charge in [0.1, 0.15) is 16.4 Å². The summed E-state index contributed by atoms with van der Waals surface area (Å²) in [5, 5.41) is 19.6. The Morgan fingerprint density at radius 3 is 2.90 bits per heavy atom. The molecule has 9 heteroatoms. The maximum atomic E-state index is 12.3. The van der Waals surface area contributed by atoms with Gasteiger partial charge in [0.05, 0.1) is 6.04 Å². The highest BCUT2D eigenvalue weighted by molar-refractivity contribution is 7.15. The van der Waals surface area contributed by atoms with Gasteiger partial charge in [0.2, 0.25) is 5.13 Å². The van der Waals surface area contributed by atoms with Crippen molar-refractivity contribution in [2.24, 2.45) is 0 Å². The van der Waals surface area contributed by atoms with Crippen molar-refractivity contribution in [3.63, 3.8) is 0 Å². The first kappa shape index (κ1) is 13.0. The normalized spacial score (nSPS) is 18.5. The minimum atomic E-state index is -0.189. The summed E-state index contributed by atoms with van der Waals surface area (Å²) in [4.78, 5) is 14.1. The van der Waals surface area contributed by atoms with Crippen LogP contribution in [0.25, 0.3) is 0 Å². The largest absolute Gasteiger partial charge is 0.324 e. The second-order valence-corrected chi connectivity index (χ2v) is 5.82. The van der Waals surface area contributed by atoms with Gasteiger partial charge in [-0.15, -0.1) is 10.2 Å². The Morgan fingerprint density at radius 1 is 1.40 bits per heavy atom. The van der Waals surface area contributed by atoms with E-state index in [1.807, 2.05) is 13.8 Å². The number of aromatic nitrogens is 4. The summed E-state index contributed by atoms with van der Waals surface area (Å²) < 4.78 is 4.73. The van der Waals surface area contributed by atoms with Crippen molar-refractivity contribution >= 4 is 22.5 Å². The molecule has 0 aromatic carbocycles. The fraction of sp³-hybridized carbons (Fsp3) is 0.545. The number of rotatable bonds is 2. The van der Waals surface area contributed by atoms with Gasteiger partial charge in [-0.05, 0) is 26.7 Å². The lowest BCUT2D eigenvalue weighted by Crippen LogP contribution is -2.34. The summed E-state index contributed by atoms with van der Waals surface area (Å²) in [7, 11) is 0. The zero-order valence-electron chi connectivity index (χ0n) is 11.2. The first-order valence-electron chi connectivity index (χ1n) is 6.32. The Morgan fingerprint density at radius 2 is 2.25 bits per heavy atom. The molecule has 3 rings (SSSR count). The molecule has 0 unspecified atom stereocenters. The molecule has 1 saturated heterocycles. The van der Waals surface area contributed by atoms with Gasteiger partial charge in [0, 0.05) is 6.54 Å². The molecule has 0 aliphatic carbocycles. The molecule has 1 atom stereocenters. The number of aryl methyl sites for hydroxylation is 2. The molecule has 1 aliphatic heterocycles. The average molecular weight is 294 g/mol. The smallest absolute Gasteiger partial charge is 0.316 e. The molecular weight excluding hydrogens is 280 g/mol. The third-order valence-electron chi connectivity index (χ3n) is 3.26. The average Bonchev–Trinajstić information content (AvgIpc) is 3.10. The monoisotopic (exact) mass is 294 g/mol. The lowest BCUT2D eigenvalue weighted by atomic mass is 10.1. The minimum Gasteiger partial charge on any atom is -0.316 e. The zero-order chi connectivity index (χ0) is 14.1. The third kappa shape index (κ3) is 2.36. The molecule has 106 valence electrons. The number of likely N-dealkylation sites (tertiary alicyclic amines) is 1. The van der Waals surface area contributed by atoms with E-state index in [9.17, 15) is 4.79 Å². The lowest BCUT2D eigenvalue weighted by Gasteiger charge is -2.22. The Kier molecular flexibility index (Phi) is 3.35. The van der Waals surface area contributed by atoms with Crippen LogP contribution in [0.5, 0.6) is 0 Å². The molecule has 8 nitrogen and oxygen atoms in total. The van der Waals surface area contributed by atoms with Crippen LogP contribution in [0, 0.1) is 13.8 Å². The fourth-order valence-corrected chi connectivity index (χ4v) is 2.93. The van der Waals surface area contributed by atoms with Crippen molar-refractivity contribution in [2.75, 3.05) is 11.9 Å². The van der Waals surface area contributed by atoms with E-state index < -0.39 is 0 Å². The van der Waals surface area contributed by atoms with Crippen molar-refractivity contribution in [3.8, 4) is 0 Å². The van der Waals surface area contributed by atoms with Gasteiger partial charge in [-0.2, -0.15) is 0 Å². The second-order valence-electron chi connectivity index (χ2n) is 4.64. The van der Waals surface area contributed by atoms with Crippen LogP contribution < -0.4 is 5.32 Å². The van der Waals surface area contributed by atoms with E-state index in [1.54, 1.807) is 4.90 Å². The summed E-state index contributed by atoms with van der Waals surface area (Å²) in [6, 6.07) is -0.277. The topological polar surface area (TPSA) is 97.0 Å². The summed E-state index contributed by atoms with van der Waals surface area (Å²) in [5.74, 6) is 0. The fourth-order valence-electron chi connectivity index (χ4n) is 2.34. The van der Waals surface area contributed by atoms with Crippen LogP contribution in [0.2, 0.25) is 0 Å². The van der Waals surface area contributed by atoms with Crippen LogP contribution in [0.1, 0.15) is 35.3 Å². The molecule has 1 fully saturated rings.